The molecule has 0 unspecified atom stereocenters. The summed E-state index contributed by atoms with van der Waals surface area (Å²) < 4.78 is 10.3. The Labute approximate surface area is 156 Å². The third-order valence-corrected chi connectivity index (χ3v) is 5.44. The first-order valence-electron chi connectivity index (χ1n) is 8.46. The van der Waals surface area contributed by atoms with Crippen LogP contribution < -0.4 is 9.64 Å². The Morgan fingerprint density at radius 3 is 2.35 bits per heavy atom. The summed E-state index contributed by atoms with van der Waals surface area (Å²) in [4.78, 5) is 28.8. The molecule has 0 aliphatic carbocycles. The van der Waals surface area contributed by atoms with Crippen LogP contribution in [0.2, 0.25) is 0 Å². The molecule has 2 aromatic rings. The number of piperazine rings is 1. The van der Waals surface area contributed by atoms with Gasteiger partial charge in [-0.2, -0.15) is 0 Å². The fourth-order valence-electron chi connectivity index (χ4n) is 2.87. The van der Waals surface area contributed by atoms with E-state index in [9.17, 15) is 9.59 Å². The minimum absolute atomic E-state index is 0.151. The molecule has 0 atom stereocenters. The van der Waals surface area contributed by atoms with E-state index < -0.39 is 5.97 Å². The predicted octanol–water partition coefficient (Wildman–Crippen LogP) is 2.57. The smallest absolute Gasteiger partial charge is 0.349 e. The Kier molecular flexibility index (Phi) is 5.78. The van der Waals surface area contributed by atoms with Crippen molar-refractivity contribution in [1.29, 1.82) is 0 Å². The molecule has 1 aliphatic heterocycles. The topological polar surface area (TPSA) is 59.1 Å². The van der Waals surface area contributed by atoms with Gasteiger partial charge in [-0.1, -0.05) is 0 Å². The highest BCUT2D eigenvalue weighted by Gasteiger charge is 2.23. The highest BCUT2D eigenvalue weighted by atomic mass is 32.1. The van der Waals surface area contributed by atoms with Crippen molar-refractivity contribution in [2.45, 2.75) is 6.92 Å². The van der Waals surface area contributed by atoms with Gasteiger partial charge in [-0.3, -0.25) is 4.79 Å². The Bertz CT molecular complexity index is 764. The summed E-state index contributed by atoms with van der Waals surface area (Å²) in [5, 5.41) is 1.84. The Hall–Kier alpha value is -2.54. The maximum atomic E-state index is 12.3. The monoisotopic (exact) mass is 374 g/mol. The van der Waals surface area contributed by atoms with Gasteiger partial charge in [0.15, 0.2) is 6.61 Å². The summed E-state index contributed by atoms with van der Waals surface area (Å²) >= 11 is 1.33. The van der Waals surface area contributed by atoms with Crippen LogP contribution in [-0.2, 0) is 9.53 Å². The molecule has 2 heterocycles. The van der Waals surface area contributed by atoms with Crippen molar-refractivity contribution in [2.75, 3.05) is 44.8 Å². The van der Waals surface area contributed by atoms with E-state index in [-0.39, 0.29) is 12.5 Å². The molecule has 1 aliphatic rings. The number of aryl methyl sites for hydroxylation is 1. The number of hydrogen-bond donors (Lipinski definition) is 0. The lowest BCUT2D eigenvalue weighted by Crippen LogP contribution is -2.49. The molecule has 1 aromatic carbocycles. The number of esters is 1. The number of amides is 1. The second kappa shape index (κ2) is 8.23. The molecule has 1 amide bonds. The molecule has 3 rings (SSSR count). The highest BCUT2D eigenvalue weighted by molar-refractivity contribution is 7.12. The Morgan fingerprint density at radius 2 is 1.77 bits per heavy atom. The van der Waals surface area contributed by atoms with Crippen LogP contribution in [-0.4, -0.2) is 56.7 Å². The van der Waals surface area contributed by atoms with E-state index in [1.54, 1.807) is 12.0 Å². The lowest BCUT2D eigenvalue weighted by molar-refractivity contribution is -0.134. The normalized spacial score (nSPS) is 14.2. The number of thiophene rings is 1. The fourth-order valence-corrected chi connectivity index (χ4v) is 3.69. The summed E-state index contributed by atoms with van der Waals surface area (Å²) in [6, 6.07) is 9.75. The summed E-state index contributed by atoms with van der Waals surface area (Å²) in [7, 11) is 1.64. The van der Waals surface area contributed by atoms with E-state index in [0.29, 0.717) is 18.0 Å². The van der Waals surface area contributed by atoms with Gasteiger partial charge in [0.1, 0.15) is 10.6 Å². The molecule has 138 valence electrons. The molecule has 1 fully saturated rings. The second-order valence-corrected chi connectivity index (χ2v) is 6.99. The van der Waals surface area contributed by atoms with Gasteiger partial charge in [-0.15, -0.1) is 11.3 Å². The van der Waals surface area contributed by atoms with Crippen molar-refractivity contribution in [1.82, 2.24) is 4.90 Å². The zero-order valence-electron chi connectivity index (χ0n) is 14.9. The molecule has 0 bridgehead atoms. The zero-order chi connectivity index (χ0) is 18.5. The predicted molar refractivity (Wildman–Crippen MR) is 101 cm³/mol. The Morgan fingerprint density at radius 1 is 1.08 bits per heavy atom. The van der Waals surface area contributed by atoms with Crippen LogP contribution in [0.1, 0.15) is 15.2 Å². The number of hydrogen-bond acceptors (Lipinski definition) is 6. The molecule has 0 spiro atoms. The molecular weight excluding hydrogens is 352 g/mol. The molecule has 0 saturated carbocycles. The van der Waals surface area contributed by atoms with Gasteiger partial charge in [0.2, 0.25) is 0 Å². The number of methoxy groups -OCH3 is 1. The Balaban J connectivity index is 1.47. The zero-order valence-corrected chi connectivity index (χ0v) is 15.8. The number of rotatable bonds is 5. The molecule has 26 heavy (non-hydrogen) atoms. The first kappa shape index (κ1) is 18.3. The summed E-state index contributed by atoms with van der Waals surface area (Å²) in [6.45, 7) is 4.36. The largest absolute Gasteiger partial charge is 0.497 e. The van der Waals surface area contributed by atoms with Crippen molar-refractivity contribution in [3.63, 3.8) is 0 Å². The van der Waals surface area contributed by atoms with Gasteiger partial charge in [0, 0.05) is 31.9 Å². The van der Waals surface area contributed by atoms with Crippen molar-refractivity contribution in [3.8, 4) is 5.75 Å². The summed E-state index contributed by atoms with van der Waals surface area (Å²) in [6.07, 6.45) is 0. The molecular formula is C19H22N2O4S. The second-order valence-electron chi connectivity index (χ2n) is 6.07. The van der Waals surface area contributed by atoms with Crippen LogP contribution in [0, 0.1) is 6.92 Å². The number of anilines is 1. The van der Waals surface area contributed by atoms with Gasteiger partial charge >= 0.3 is 5.97 Å². The van der Waals surface area contributed by atoms with Crippen LogP contribution in [0.3, 0.4) is 0 Å². The van der Waals surface area contributed by atoms with E-state index in [4.69, 9.17) is 9.47 Å². The third kappa shape index (κ3) is 4.16. The summed E-state index contributed by atoms with van der Waals surface area (Å²) in [5.74, 6) is 0.245. The van der Waals surface area contributed by atoms with Gasteiger partial charge in [0.05, 0.1) is 7.11 Å². The van der Waals surface area contributed by atoms with E-state index in [1.165, 1.54) is 11.3 Å². The van der Waals surface area contributed by atoms with Gasteiger partial charge in [-0.25, -0.2) is 4.79 Å². The van der Waals surface area contributed by atoms with Crippen molar-refractivity contribution >= 4 is 28.9 Å². The molecule has 0 N–H and O–H groups in total. The molecule has 1 saturated heterocycles. The van der Waals surface area contributed by atoms with E-state index in [0.717, 1.165) is 30.1 Å². The maximum Gasteiger partial charge on any atom is 0.349 e. The molecule has 1 aromatic heterocycles. The van der Waals surface area contributed by atoms with Crippen LogP contribution in [0.4, 0.5) is 5.69 Å². The standard InChI is InChI=1S/C19H22N2O4S/c1-14-7-12-26-18(14)19(23)25-13-17(22)21-10-8-20(9-11-21)15-3-5-16(24-2)6-4-15/h3-7,12H,8-11,13H2,1-2H3. The van der Waals surface area contributed by atoms with Crippen molar-refractivity contribution in [3.05, 3.63) is 46.2 Å². The van der Waals surface area contributed by atoms with Gasteiger partial charge < -0.3 is 19.3 Å². The van der Waals surface area contributed by atoms with Gasteiger partial charge in [-0.05, 0) is 48.2 Å². The summed E-state index contributed by atoms with van der Waals surface area (Å²) in [5.41, 5.74) is 1.98. The van der Waals surface area contributed by atoms with Crippen LogP contribution >= 0.6 is 11.3 Å². The average Bonchev–Trinajstić information content (AvgIpc) is 3.12. The SMILES string of the molecule is COc1ccc(N2CCN(C(=O)COC(=O)c3sccc3C)CC2)cc1. The van der Waals surface area contributed by atoms with E-state index in [1.807, 2.05) is 42.6 Å². The van der Waals surface area contributed by atoms with Gasteiger partial charge in [0.25, 0.3) is 5.91 Å². The van der Waals surface area contributed by atoms with Crippen LogP contribution in [0.15, 0.2) is 35.7 Å². The first-order valence-corrected chi connectivity index (χ1v) is 9.34. The third-order valence-electron chi connectivity index (χ3n) is 4.44. The van der Waals surface area contributed by atoms with Crippen molar-refractivity contribution in [2.24, 2.45) is 0 Å². The minimum atomic E-state index is -0.428. The van der Waals surface area contributed by atoms with Crippen molar-refractivity contribution < 1.29 is 19.1 Å². The first-order chi connectivity index (χ1) is 12.6. The number of carbonyl (C=O) groups is 2. The lowest BCUT2D eigenvalue weighted by Gasteiger charge is -2.36. The molecule has 7 heteroatoms. The van der Waals surface area contributed by atoms with Crippen LogP contribution in [0.25, 0.3) is 0 Å². The lowest BCUT2D eigenvalue weighted by atomic mass is 10.2. The highest BCUT2D eigenvalue weighted by Crippen LogP contribution is 2.21. The fraction of sp³-hybridized carbons (Fsp3) is 0.368. The number of ether oxygens (including phenoxy) is 2. The minimum Gasteiger partial charge on any atom is -0.497 e. The number of benzene rings is 1. The van der Waals surface area contributed by atoms with Crippen LogP contribution in [0.5, 0.6) is 5.75 Å². The molecule has 0 radical (unpaired) electrons. The average molecular weight is 374 g/mol. The van der Waals surface area contributed by atoms with E-state index >= 15 is 0 Å². The van der Waals surface area contributed by atoms with E-state index in [2.05, 4.69) is 4.90 Å². The maximum absolute atomic E-state index is 12.3. The number of nitrogens with zero attached hydrogens (tertiary/aromatic N) is 2. The number of carbonyl (C=O) groups excluding carboxylic acids is 2. The quantitative estimate of drug-likeness (QED) is 0.753. The molecule has 6 nitrogen and oxygen atoms in total.